The zero-order valence-corrected chi connectivity index (χ0v) is 12.8. The first kappa shape index (κ1) is 13.2. The fraction of sp³-hybridized carbons (Fsp3) is 0.111. The van der Waals surface area contributed by atoms with E-state index in [1.165, 1.54) is 5.39 Å². The molecule has 0 bridgehead atoms. The molecule has 1 N–H and O–H groups in total. The van der Waals surface area contributed by atoms with E-state index in [9.17, 15) is 8.42 Å². The largest absolute Gasteiger partial charge is 0.397 e. The summed E-state index contributed by atoms with van der Waals surface area (Å²) in [4.78, 5) is 0. The average molecular weight is 324 g/mol. The van der Waals surface area contributed by atoms with Crippen molar-refractivity contribution in [3.63, 3.8) is 0 Å². The normalized spacial score (nSPS) is 17.7. The van der Waals surface area contributed by atoms with Gasteiger partial charge in [0.2, 0.25) is 0 Å². The molecule has 0 heterocycles. The number of benzene rings is 4. The number of hydrogen-bond donors (Lipinski definition) is 1. The van der Waals surface area contributed by atoms with Gasteiger partial charge in [-0.15, -0.1) is 0 Å². The van der Waals surface area contributed by atoms with Crippen LogP contribution in [0.3, 0.4) is 0 Å². The molecule has 4 aromatic rings. The SMILES string of the molecule is O=S(=O)(O)OC1Cc2ccc3ccc4cccc5cc1c2c3c45. The van der Waals surface area contributed by atoms with E-state index in [1.54, 1.807) is 0 Å². The molecule has 1 atom stereocenters. The summed E-state index contributed by atoms with van der Waals surface area (Å²) >= 11 is 0. The summed E-state index contributed by atoms with van der Waals surface area (Å²) in [6.07, 6.45) is -0.226. The van der Waals surface area contributed by atoms with Crippen molar-refractivity contribution in [2.24, 2.45) is 0 Å². The second-order valence-electron chi connectivity index (χ2n) is 6.03. The lowest BCUT2D eigenvalue weighted by atomic mass is 9.91. The van der Waals surface area contributed by atoms with Crippen LogP contribution in [-0.2, 0) is 21.0 Å². The van der Waals surface area contributed by atoms with Crippen LogP contribution in [0.15, 0.2) is 48.5 Å². The molecule has 0 fully saturated rings. The summed E-state index contributed by atoms with van der Waals surface area (Å²) < 4.78 is 36.3. The van der Waals surface area contributed by atoms with E-state index in [0.29, 0.717) is 6.42 Å². The Kier molecular flexibility index (Phi) is 2.42. The first-order chi connectivity index (χ1) is 11.0. The summed E-state index contributed by atoms with van der Waals surface area (Å²) in [6.45, 7) is 0. The van der Waals surface area contributed by atoms with Crippen LogP contribution in [0, 0.1) is 0 Å². The third kappa shape index (κ3) is 1.81. The van der Waals surface area contributed by atoms with Gasteiger partial charge in [-0.25, -0.2) is 4.18 Å². The molecular formula is C18H12O4S. The Morgan fingerprint density at radius 2 is 1.61 bits per heavy atom. The predicted octanol–water partition coefficient (Wildman–Crippen LogP) is 4.00. The molecule has 4 nitrogen and oxygen atoms in total. The molecule has 0 aliphatic heterocycles. The maximum Gasteiger partial charge on any atom is 0.397 e. The van der Waals surface area contributed by atoms with E-state index in [4.69, 9.17) is 8.74 Å². The summed E-state index contributed by atoms with van der Waals surface area (Å²) in [6, 6.07) is 16.3. The van der Waals surface area contributed by atoms with Gasteiger partial charge in [0.05, 0.1) is 0 Å². The minimum atomic E-state index is -4.49. The quantitative estimate of drug-likeness (QED) is 0.447. The molecule has 5 heteroatoms. The Bertz CT molecular complexity index is 1190. The molecule has 1 aliphatic rings. The lowest BCUT2D eigenvalue weighted by molar-refractivity contribution is 0.190. The van der Waals surface area contributed by atoms with Crippen molar-refractivity contribution in [2.75, 3.05) is 0 Å². The lowest BCUT2D eigenvalue weighted by Gasteiger charge is -2.14. The van der Waals surface area contributed by atoms with Crippen molar-refractivity contribution in [1.82, 2.24) is 0 Å². The topological polar surface area (TPSA) is 63.6 Å². The second-order valence-corrected chi connectivity index (χ2v) is 7.07. The molecule has 0 aromatic heterocycles. The van der Waals surface area contributed by atoms with E-state index >= 15 is 0 Å². The number of hydrogen-bond acceptors (Lipinski definition) is 3. The van der Waals surface area contributed by atoms with Crippen molar-refractivity contribution < 1.29 is 17.2 Å². The van der Waals surface area contributed by atoms with Crippen LogP contribution in [-0.4, -0.2) is 13.0 Å². The molecule has 4 aromatic carbocycles. The minimum Gasteiger partial charge on any atom is -0.264 e. The molecule has 5 rings (SSSR count). The first-order valence-electron chi connectivity index (χ1n) is 7.36. The third-order valence-corrected chi connectivity index (χ3v) is 5.21. The Morgan fingerprint density at radius 3 is 2.39 bits per heavy atom. The maximum atomic E-state index is 11.2. The maximum absolute atomic E-state index is 11.2. The molecule has 1 unspecified atom stereocenters. The van der Waals surface area contributed by atoms with E-state index < -0.39 is 16.5 Å². The van der Waals surface area contributed by atoms with E-state index in [0.717, 1.165) is 38.1 Å². The highest BCUT2D eigenvalue weighted by Crippen LogP contribution is 2.46. The van der Waals surface area contributed by atoms with Gasteiger partial charge < -0.3 is 0 Å². The Hall–Kier alpha value is -2.21. The third-order valence-electron chi connectivity index (χ3n) is 4.73. The molecule has 0 saturated heterocycles. The molecular weight excluding hydrogens is 312 g/mol. The molecule has 0 amide bonds. The van der Waals surface area contributed by atoms with E-state index in [1.807, 2.05) is 24.3 Å². The van der Waals surface area contributed by atoms with Crippen LogP contribution >= 0.6 is 0 Å². The van der Waals surface area contributed by atoms with Gasteiger partial charge in [0, 0.05) is 6.42 Å². The van der Waals surface area contributed by atoms with Gasteiger partial charge in [-0.1, -0.05) is 42.5 Å². The van der Waals surface area contributed by atoms with Crippen molar-refractivity contribution in [1.29, 1.82) is 0 Å². The summed E-state index contributed by atoms with van der Waals surface area (Å²) in [5.41, 5.74) is 1.88. The molecule has 0 spiro atoms. The van der Waals surface area contributed by atoms with Crippen LogP contribution in [0.1, 0.15) is 17.2 Å². The molecule has 114 valence electrons. The summed E-state index contributed by atoms with van der Waals surface area (Å²) in [7, 11) is -4.49. The summed E-state index contributed by atoms with van der Waals surface area (Å²) in [5.74, 6) is 0. The van der Waals surface area contributed by atoms with Gasteiger partial charge in [-0.3, -0.25) is 4.55 Å². The Morgan fingerprint density at radius 1 is 0.913 bits per heavy atom. The standard InChI is InChI=1S/C18H12O4S/c19-23(20,21)22-15-9-13-7-6-11-5-4-10-2-1-3-12-8-14(15)17(13)18(11)16(10)12/h1-8,15H,9H2,(H,19,20,21). The van der Waals surface area contributed by atoms with Gasteiger partial charge in [0.25, 0.3) is 0 Å². The average Bonchev–Trinajstić information content (AvgIpc) is 2.84. The molecule has 1 aliphatic carbocycles. The lowest BCUT2D eigenvalue weighted by Crippen LogP contribution is -2.10. The zero-order chi connectivity index (χ0) is 15.8. The van der Waals surface area contributed by atoms with Gasteiger partial charge >= 0.3 is 10.4 Å². The summed E-state index contributed by atoms with van der Waals surface area (Å²) in [5, 5.41) is 6.74. The Balaban J connectivity index is 1.95. The van der Waals surface area contributed by atoms with Crippen LogP contribution in [0.2, 0.25) is 0 Å². The van der Waals surface area contributed by atoms with E-state index in [-0.39, 0.29) is 0 Å². The smallest absolute Gasteiger partial charge is 0.264 e. The van der Waals surface area contributed by atoms with Crippen LogP contribution in [0.25, 0.3) is 32.3 Å². The number of rotatable bonds is 2. The Labute approximate surface area is 132 Å². The van der Waals surface area contributed by atoms with Crippen LogP contribution in [0.4, 0.5) is 0 Å². The first-order valence-corrected chi connectivity index (χ1v) is 8.73. The van der Waals surface area contributed by atoms with Crippen molar-refractivity contribution in [2.45, 2.75) is 12.5 Å². The monoisotopic (exact) mass is 324 g/mol. The fourth-order valence-electron chi connectivity index (χ4n) is 3.92. The second kappa shape index (κ2) is 4.20. The van der Waals surface area contributed by atoms with Gasteiger partial charge in [0.15, 0.2) is 0 Å². The highest BCUT2D eigenvalue weighted by molar-refractivity contribution is 7.80. The highest BCUT2D eigenvalue weighted by atomic mass is 32.3. The van der Waals surface area contributed by atoms with Crippen LogP contribution in [0.5, 0.6) is 0 Å². The molecule has 23 heavy (non-hydrogen) atoms. The van der Waals surface area contributed by atoms with Gasteiger partial charge in [0.1, 0.15) is 6.10 Å². The predicted molar refractivity (Wildman–Crippen MR) is 89.2 cm³/mol. The van der Waals surface area contributed by atoms with Crippen LogP contribution < -0.4 is 0 Å². The van der Waals surface area contributed by atoms with Gasteiger partial charge in [-0.2, -0.15) is 8.42 Å². The van der Waals surface area contributed by atoms with Crippen molar-refractivity contribution >= 4 is 42.7 Å². The van der Waals surface area contributed by atoms with Crippen molar-refractivity contribution in [3.05, 3.63) is 59.7 Å². The van der Waals surface area contributed by atoms with E-state index in [2.05, 4.69) is 24.3 Å². The molecule has 0 radical (unpaired) electrons. The molecule has 0 saturated carbocycles. The van der Waals surface area contributed by atoms with Gasteiger partial charge in [-0.05, 0) is 49.5 Å². The highest BCUT2D eigenvalue weighted by Gasteiger charge is 2.30. The minimum absolute atomic E-state index is 0.446. The van der Waals surface area contributed by atoms with Crippen molar-refractivity contribution in [3.8, 4) is 0 Å². The zero-order valence-electron chi connectivity index (χ0n) is 12.0. The fourth-order valence-corrected chi connectivity index (χ4v) is 4.39.